The lowest BCUT2D eigenvalue weighted by Crippen LogP contribution is -2.44. The first-order chi connectivity index (χ1) is 8.56. The van der Waals surface area contributed by atoms with Crippen molar-refractivity contribution in [1.29, 1.82) is 0 Å². The third kappa shape index (κ3) is 4.58. The van der Waals surface area contributed by atoms with Crippen LogP contribution in [0.1, 0.15) is 39.5 Å². The largest absolute Gasteiger partial charge is 0.346 e. The monoisotopic (exact) mass is 255 g/mol. The summed E-state index contributed by atoms with van der Waals surface area (Å²) in [6.45, 7) is 8.07. The van der Waals surface area contributed by atoms with Crippen LogP contribution in [0.15, 0.2) is 0 Å². The van der Waals surface area contributed by atoms with Gasteiger partial charge < -0.3 is 10.6 Å². The zero-order valence-electron chi connectivity index (χ0n) is 12.2. The molecule has 0 saturated carbocycles. The third-order valence-corrected chi connectivity index (χ3v) is 4.24. The zero-order valence-corrected chi connectivity index (χ0v) is 12.2. The van der Waals surface area contributed by atoms with Crippen LogP contribution in [0, 0.1) is 5.92 Å². The standard InChI is InChI=1S/C14H29N3O/c1-12-6-4-10-17(13(12)2)11-7-14(18)16(3)9-5-8-15/h12-13H,4-11,15H2,1-3H3. The molecule has 2 N–H and O–H groups in total. The average Bonchev–Trinajstić information content (AvgIpc) is 2.37. The van der Waals surface area contributed by atoms with Crippen LogP contribution in [0.25, 0.3) is 0 Å². The predicted octanol–water partition coefficient (Wildman–Crippen LogP) is 1.30. The first-order valence-electron chi connectivity index (χ1n) is 7.24. The van der Waals surface area contributed by atoms with Gasteiger partial charge in [0.2, 0.25) is 5.91 Å². The SMILES string of the molecule is CC1CCCN(CCC(=O)N(C)CCCN)C1C. The molecule has 1 heterocycles. The van der Waals surface area contributed by atoms with Crippen LogP contribution >= 0.6 is 0 Å². The lowest BCUT2D eigenvalue weighted by Gasteiger charge is -2.38. The van der Waals surface area contributed by atoms with Crippen LogP contribution < -0.4 is 5.73 Å². The summed E-state index contributed by atoms with van der Waals surface area (Å²) >= 11 is 0. The molecule has 106 valence electrons. The molecule has 2 unspecified atom stereocenters. The smallest absolute Gasteiger partial charge is 0.223 e. The van der Waals surface area contributed by atoms with Gasteiger partial charge in [0.1, 0.15) is 0 Å². The number of nitrogens with two attached hydrogens (primary N) is 1. The highest BCUT2D eigenvalue weighted by atomic mass is 16.2. The molecule has 2 atom stereocenters. The Hall–Kier alpha value is -0.610. The first-order valence-corrected chi connectivity index (χ1v) is 7.24. The molecule has 1 aliphatic heterocycles. The number of likely N-dealkylation sites (tertiary alicyclic amines) is 1. The van der Waals surface area contributed by atoms with E-state index in [9.17, 15) is 4.79 Å². The van der Waals surface area contributed by atoms with E-state index in [4.69, 9.17) is 5.73 Å². The van der Waals surface area contributed by atoms with E-state index in [0.717, 1.165) is 32.0 Å². The van der Waals surface area contributed by atoms with E-state index in [1.807, 2.05) is 11.9 Å². The van der Waals surface area contributed by atoms with Gasteiger partial charge in [-0.15, -0.1) is 0 Å². The Balaban J connectivity index is 2.28. The Morgan fingerprint density at radius 2 is 2.17 bits per heavy atom. The molecule has 1 saturated heterocycles. The second-order valence-electron chi connectivity index (χ2n) is 5.60. The van der Waals surface area contributed by atoms with Crippen molar-refractivity contribution < 1.29 is 4.79 Å². The Labute approximate surface area is 111 Å². The summed E-state index contributed by atoms with van der Waals surface area (Å²) in [6.07, 6.45) is 4.11. The number of amides is 1. The molecule has 0 spiro atoms. The summed E-state index contributed by atoms with van der Waals surface area (Å²) in [5.74, 6) is 0.998. The molecule has 1 rings (SSSR count). The Morgan fingerprint density at radius 3 is 2.83 bits per heavy atom. The number of carbonyl (C=O) groups is 1. The van der Waals surface area contributed by atoms with Crippen LogP contribution in [0.5, 0.6) is 0 Å². The van der Waals surface area contributed by atoms with Crippen LogP contribution in [0.2, 0.25) is 0 Å². The first kappa shape index (κ1) is 15.4. The minimum atomic E-state index is 0.244. The summed E-state index contributed by atoms with van der Waals surface area (Å²) < 4.78 is 0. The minimum absolute atomic E-state index is 0.244. The molecular weight excluding hydrogens is 226 g/mol. The second-order valence-corrected chi connectivity index (χ2v) is 5.60. The van der Waals surface area contributed by atoms with Gasteiger partial charge in [0, 0.05) is 32.6 Å². The molecule has 4 nitrogen and oxygen atoms in total. The highest BCUT2D eigenvalue weighted by Crippen LogP contribution is 2.22. The van der Waals surface area contributed by atoms with E-state index in [-0.39, 0.29) is 5.91 Å². The van der Waals surface area contributed by atoms with Gasteiger partial charge in [-0.1, -0.05) is 6.92 Å². The normalized spacial score (nSPS) is 25.1. The second kappa shape index (κ2) is 7.74. The molecule has 0 radical (unpaired) electrons. The predicted molar refractivity (Wildman–Crippen MR) is 75.4 cm³/mol. The molecule has 1 fully saturated rings. The molecule has 1 aliphatic rings. The lowest BCUT2D eigenvalue weighted by atomic mass is 9.92. The van der Waals surface area contributed by atoms with Gasteiger partial charge in [-0.05, 0) is 45.2 Å². The van der Waals surface area contributed by atoms with E-state index in [1.165, 1.54) is 12.8 Å². The van der Waals surface area contributed by atoms with Crippen molar-refractivity contribution in [2.24, 2.45) is 11.7 Å². The molecular formula is C14H29N3O. The Kier molecular flexibility index (Phi) is 6.65. The zero-order chi connectivity index (χ0) is 13.5. The summed E-state index contributed by atoms with van der Waals surface area (Å²) in [7, 11) is 1.88. The van der Waals surface area contributed by atoms with Gasteiger partial charge in [0.15, 0.2) is 0 Å². The number of hydrogen-bond acceptors (Lipinski definition) is 3. The van der Waals surface area contributed by atoms with Gasteiger partial charge in [0.25, 0.3) is 0 Å². The van der Waals surface area contributed by atoms with Crippen molar-refractivity contribution >= 4 is 5.91 Å². The number of hydrogen-bond donors (Lipinski definition) is 1. The van der Waals surface area contributed by atoms with Crippen molar-refractivity contribution in [2.75, 3.05) is 33.2 Å². The van der Waals surface area contributed by atoms with E-state index in [0.29, 0.717) is 19.0 Å². The molecule has 4 heteroatoms. The molecule has 0 aliphatic carbocycles. The summed E-state index contributed by atoms with van der Waals surface area (Å²) in [4.78, 5) is 16.2. The highest BCUT2D eigenvalue weighted by Gasteiger charge is 2.24. The Morgan fingerprint density at radius 1 is 1.44 bits per heavy atom. The van der Waals surface area contributed by atoms with Crippen LogP contribution in [0.3, 0.4) is 0 Å². The number of rotatable bonds is 6. The van der Waals surface area contributed by atoms with E-state index < -0.39 is 0 Å². The van der Waals surface area contributed by atoms with Crippen LogP contribution in [0.4, 0.5) is 0 Å². The topological polar surface area (TPSA) is 49.6 Å². The maximum Gasteiger partial charge on any atom is 0.223 e. The fourth-order valence-corrected chi connectivity index (χ4v) is 2.62. The van der Waals surface area contributed by atoms with Gasteiger partial charge in [-0.3, -0.25) is 9.69 Å². The fourth-order valence-electron chi connectivity index (χ4n) is 2.62. The van der Waals surface area contributed by atoms with E-state index >= 15 is 0 Å². The van der Waals surface area contributed by atoms with Crippen molar-refractivity contribution in [3.05, 3.63) is 0 Å². The molecule has 18 heavy (non-hydrogen) atoms. The minimum Gasteiger partial charge on any atom is -0.346 e. The van der Waals surface area contributed by atoms with Gasteiger partial charge in [-0.25, -0.2) is 0 Å². The van der Waals surface area contributed by atoms with Crippen LogP contribution in [-0.2, 0) is 4.79 Å². The van der Waals surface area contributed by atoms with Crippen molar-refractivity contribution in [3.63, 3.8) is 0 Å². The van der Waals surface area contributed by atoms with Gasteiger partial charge in [0.05, 0.1) is 0 Å². The lowest BCUT2D eigenvalue weighted by molar-refractivity contribution is -0.130. The van der Waals surface area contributed by atoms with Crippen molar-refractivity contribution in [1.82, 2.24) is 9.80 Å². The quantitative estimate of drug-likeness (QED) is 0.778. The number of piperidine rings is 1. The third-order valence-electron chi connectivity index (χ3n) is 4.24. The fraction of sp³-hybridized carbons (Fsp3) is 0.929. The number of carbonyl (C=O) groups excluding carboxylic acids is 1. The molecule has 0 aromatic carbocycles. The van der Waals surface area contributed by atoms with Crippen molar-refractivity contribution in [2.45, 2.75) is 45.6 Å². The summed E-state index contributed by atoms with van der Waals surface area (Å²) in [5, 5.41) is 0. The molecule has 0 bridgehead atoms. The van der Waals surface area contributed by atoms with Crippen molar-refractivity contribution in [3.8, 4) is 0 Å². The summed E-state index contributed by atoms with van der Waals surface area (Å²) in [5.41, 5.74) is 5.46. The summed E-state index contributed by atoms with van der Waals surface area (Å²) in [6, 6.07) is 0.612. The number of nitrogens with zero attached hydrogens (tertiary/aromatic N) is 2. The van der Waals surface area contributed by atoms with Crippen LogP contribution in [-0.4, -0.2) is 55.0 Å². The van der Waals surface area contributed by atoms with E-state index in [1.54, 1.807) is 0 Å². The maximum absolute atomic E-state index is 11.9. The van der Waals surface area contributed by atoms with Gasteiger partial charge >= 0.3 is 0 Å². The molecule has 1 amide bonds. The van der Waals surface area contributed by atoms with Gasteiger partial charge in [-0.2, -0.15) is 0 Å². The Bertz CT molecular complexity index is 257. The van der Waals surface area contributed by atoms with E-state index in [2.05, 4.69) is 18.7 Å². The maximum atomic E-state index is 11.9. The molecule has 0 aromatic heterocycles. The average molecular weight is 255 g/mol. The molecule has 0 aromatic rings. The highest BCUT2D eigenvalue weighted by molar-refractivity contribution is 5.76.